The molecule has 0 aliphatic heterocycles. The Hall–Kier alpha value is -2.00. The number of hydrogen-bond acceptors (Lipinski definition) is 2. The number of benzene rings is 2. The van der Waals surface area contributed by atoms with E-state index in [1.165, 1.54) is 11.6 Å². The Labute approximate surface area is 155 Å². The van der Waals surface area contributed by atoms with E-state index >= 15 is 0 Å². The Bertz CT molecular complexity index is 715. The number of Topliss-reactive ketones (excluding diaryl/α,β-unsaturated/α-hetero) is 1. The smallest absolute Gasteiger partial charge is 0.133 e. The van der Waals surface area contributed by atoms with Crippen molar-refractivity contribution in [1.29, 1.82) is 0 Å². The van der Waals surface area contributed by atoms with E-state index in [9.17, 15) is 14.3 Å². The van der Waals surface area contributed by atoms with Gasteiger partial charge in [-0.2, -0.15) is 0 Å². The van der Waals surface area contributed by atoms with Crippen LogP contribution < -0.4 is 0 Å². The number of rotatable bonds is 7. The number of aliphatic hydroxyl groups is 1. The van der Waals surface area contributed by atoms with Crippen molar-refractivity contribution in [2.75, 3.05) is 0 Å². The lowest BCUT2D eigenvalue weighted by Gasteiger charge is -2.24. The molecule has 0 saturated heterocycles. The summed E-state index contributed by atoms with van der Waals surface area (Å²) < 4.78 is 13.8. The highest BCUT2D eigenvalue weighted by molar-refractivity contribution is 5.78. The van der Waals surface area contributed by atoms with Gasteiger partial charge in [0, 0.05) is 18.4 Å². The standard InChI is InChI=1S/C23H27FO2/c24-23-7-2-1-6-22(23)19-12-8-17(9-13-19)4-3-5-21(26)16-18-10-14-20(25)15-11-18/h1-2,6-9,12-13,18,20,25H,3-5,10-11,14-16H2. The minimum atomic E-state index is -0.207. The summed E-state index contributed by atoms with van der Waals surface area (Å²) in [5, 5.41) is 9.53. The van der Waals surface area contributed by atoms with Crippen LogP contribution in [0.25, 0.3) is 11.1 Å². The number of aryl methyl sites for hydroxylation is 1. The summed E-state index contributed by atoms with van der Waals surface area (Å²) in [5.41, 5.74) is 2.67. The van der Waals surface area contributed by atoms with Gasteiger partial charge in [-0.1, -0.05) is 42.5 Å². The van der Waals surface area contributed by atoms with Crippen molar-refractivity contribution in [1.82, 2.24) is 0 Å². The van der Waals surface area contributed by atoms with E-state index in [1.54, 1.807) is 12.1 Å². The molecule has 0 amide bonds. The van der Waals surface area contributed by atoms with E-state index in [4.69, 9.17) is 0 Å². The highest BCUT2D eigenvalue weighted by Gasteiger charge is 2.21. The maximum atomic E-state index is 13.8. The van der Waals surface area contributed by atoms with Gasteiger partial charge in [-0.05, 0) is 61.6 Å². The maximum Gasteiger partial charge on any atom is 0.133 e. The summed E-state index contributed by atoms with van der Waals surface area (Å²) in [4.78, 5) is 12.2. The molecule has 1 aliphatic rings. The van der Waals surface area contributed by atoms with E-state index < -0.39 is 0 Å². The Morgan fingerprint density at radius 2 is 1.69 bits per heavy atom. The molecule has 0 spiro atoms. The predicted molar refractivity (Wildman–Crippen MR) is 102 cm³/mol. The topological polar surface area (TPSA) is 37.3 Å². The molecule has 0 atom stereocenters. The van der Waals surface area contributed by atoms with Crippen LogP contribution in [0.15, 0.2) is 48.5 Å². The molecule has 2 aromatic carbocycles. The zero-order valence-corrected chi connectivity index (χ0v) is 15.2. The Balaban J connectivity index is 1.43. The van der Waals surface area contributed by atoms with E-state index in [1.807, 2.05) is 30.3 Å². The lowest BCUT2D eigenvalue weighted by atomic mass is 9.84. The average molecular weight is 354 g/mol. The van der Waals surface area contributed by atoms with Gasteiger partial charge < -0.3 is 5.11 Å². The summed E-state index contributed by atoms with van der Waals surface area (Å²) in [5.74, 6) is 0.599. The number of carbonyl (C=O) groups is 1. The first-order valence-electron chi connectivity index (χ1n) is 9.65. The summed E-state index contributed by atoms with van der Waals surface area (Å²) in [7, 11) is 0. The Kier molecular flexibility index (Phi) is 6.56. The first-order valence-corrected chi connectivity index (χ1v) is 9.65. The molecule has 2 nitrogen and oxygen atoms in total. The molecule has 3 rings (SSSR count). The minimum Gasteiger partial charge on any atom is -0.393 e. The van der Waals surface area contributed by atoms with Crippen molar-refractivity contribution in [2.45, 2.75) is 57.5 Å². The number of hydrogen-bond donors (Lipinski definition) is 1. The molecule has 0 aromatic heterocycles. The van der Waals surface area contributed by atoms with Crippen molar-refractivity contribution in [2.24, 2.45) is 5.92 Å². The largest absolute Gasteiger partial charge is 0.393 e. The Morgan fingerprint density at radius 1 is 1.00 bits per heavy atom. The van der Waals surface area contributed by atoms with Gasteiger partial charge in [-0.25, -0.2) is 4.39 Å². The second-order valence-electron chi connectivity index (χ2n) is 7.45. The number of halogens is 1. The third-order valence-electron chi connectivity index (χ3n) is 5.39. The second kappa shape index (κ2) is 9.09. The number of aliphatic hydroxyl groups excluding tert-OH is 1. The monoisotopic (exact) mass is 354 g/mol. The van der Waals surface area contributed by atoms with Gasteiger partial charge in [0.2, 0.25) is 0 Å². The highest BCUT2D eigenvalue weighted by atomic mass is 19.1. The molecule has 0 heterocycles. The number of carbonyl (C=O) groups excluding carboxylic acids is 1. The molecular weight excluding hydrogens is 327 g/mol. The van der Waals surface area contributed by atoms with Crippen molar-refractivity contribution >= 4 is 5.78 Å². The molecule has 26 heavy (non-hydrogen) atoms. The maximum absolute atomic E-state index is 13.8. The first-order chi connectivity index (χ1) is 12.6. The fourth-order valence-corrected chi connectivity index (χ4v) is 3.81. The van der Waals surface area contributed by atoms with Crippen LogP contribution in [-0.4, -0.2) is 17.0 Å². The van der Waals surface area contributed by atoms with Crippen LogP contribution in [0.4, 0.5) is 4.39 Å². The summed E-state index contributed by atoms with van der Waals surface area (Å²) in [6.07, 6.45) is 6.48. The van der Waals surface area contributed by atoms with Crippen LogP contribution in [0.2, 0.25) is 0 Å². The molecule has 0 unspecified atom stereocenters. The Morgan fingerprint density at radius 3 is 2.38 bits per heavy atom. The van der Waals surface area contributed by atoms with Gasteiger partial charge >= 0.3 is 0 Å². The molecule has 1 saturated carbocycles. The third-order valence-corrected chi connectivity index (χ3v) is 5.39. The van der Waals surface area contributed by atoms with Crippen LogP contribution in [0, 0.1) is 11.7 Å². The zero-order valence-electron chi connectivity index (χ0n) is 15.2. The van der Waals surface area contributed by atoms with Gasteiger partial charge in [-0.3, -0.25) is 4.79 Å². The molecule has 2 aromatic rings. The SMILES string of the molecule is O=C(CCCc1ccc(-c2ccccc2F)cc1)CC1CCC(O)CC1. The summed E-state index contributed by atoms with van der Waals surface area (Å²) in [6.45, 7) is 0. The normalized spacial score (nSPS) is 20.1. The summed E-state index contributed by atoms with van der Waals surface area (Å²) >= 11 is 0. The van der Waals surface area contributed by atoms with Gasteiger partial charge in [0.15, 0.2) is 0 Å². The quantitative estimate of drug-likeness (QED) is 0.730. The van der Waals surface area contributed by atoms with Crippen LogP contribution in [0.3, 0.4) is 0 Å². The van der Waals surface area contributed by atoms with Crippen LogP contribution in [-0.2, 0) is 11.2 Å². The van der Waals surface area contributed by atoms with Crippen molar-refractivity contribution in [3.8, 4) is 11.1 Å². The molecule has 0 bridgehead atoms. The molecule has 138 valence electrons. The lowest BCUT2D eigenvalue weighted by Crippen LogP contribution is -2.20. The molecule has 0 radical (unpaired) electrons. The fourth-order valence-electron chi connectivity index (χ4n) is 3.81. The first kappa shape index (κ1) is 18.8. The zero-order chi connectivity index (χ0) is 18.4. The van der Waals surface area contributed by atoms with Crippen molar-refractivity contribution in [3.63, 3.8) is 0 Å². The van der Waals surface area contributed by atoms with Crippen LogP contribution in [0.5, 0.6) is 0 Å². The van der Waals surface area contributed by atoms with E-state index in [2.05, 4.69) is 0 Å². The van der Waals surface area contributed by atoms with Gasteiger partial charge in [-0.15, -0.1) is 0 Å². The number of ketones is 1. The molecule has 1 N–H and O–H groups in total. The van der Waals surface area contributed by atoms with E-state index in [0.717, 1.165) is 44.1 Å². The molecule has 1 aliphatic carbocycles. The molecule has 3 heteroatoms. The average Bonchev–Trinajstić information content (AvgIpc) is 2.65. The van der Waals surface area contributed by atoms with Crippen LogP contribution >= 0.6 is 0 Å². The molecular formula is C23H27FO2. The minimum absolute atomic E-state index is 0.159. The van der Waals surface area contributed by atoms with E-state index in [0.29, 0.717) is 30.1 Å². The second-order valence-corrected chi connectivity index (χ2v) is 7.45. The van der Waals surface area contributed by atoms with Crippen molar-refractivity contribution < 1.29 is 14.3 Å². The van der Waals surface area contributed by atoms with Gasteiger partial charge in [0.05, 0.1) is 6.10 Å². The highest BCUT2D eigenvalue weighted by Crippen LogP contribution is 2.27. The van der Waals surface area contributed by atoms with Gasteiger partial charge in [0.1, 0.15) is 11.6 Å². The van der Waals surface area contributed by atoms with Crippen LogP contribution in [0.1, 0.15) is 50.5 Å². The predicted octanol–water partition coefficient (Wildman–Crippen LogP) is 5.33. The third kappa shape index (κ3) is 5.25. The molecule has 1 fully saturated rings. The van der Waals surface area contributed by atoms with E-state index in [-0.39, 0.29) is 11.9 Å². The lowest BCUT2D eigenvalue weighted by molar-refractivity contribution is -0.120. The summed E-state index contributed by atoms with van der Waals surface area (Å²) in [6, 6.07) is 14.7. The fraction of sp³-hybridized carbons (Fsp3) is 0.435. The van der Waals surface area contributed by atoms with Crippen molar-refractivity contribution in [3.05, 3.63) is 59.9 Å². The van der Waals surface area contributed by atoms with Gasteiger partial charge in [0.25, 0.3) is 0 Å².